The molecule has 2 rings (SSSR count). The van der Waals surface area contributed by atoms with Gasteiger partial charge in [0.1, 0.15) is 6.04 Å². The summed E-state index contributed by atoms with van der Waals surface area (Å²) < 4.78 is 10.6. The maximum Gasteiger partial charge on any atom is 0.328 e. The first kappa shape index (κ1) is 16.2. The van der Waals surface area contributed by atoms with Crippen LogP contribution in [-0.4, -0.2) is 73.2 Å². The van der Waals surface area contributed by atoms with E-state index in [1.54, 1.807) is 11.8 Å². The minimum Gasteiger partial charge on any atom is -0.464 e. The van der Waals surface area contributed by atoms with E-state index >= 15 is 0 Å². The molecule has 1 amide bonds. The number of ether oxygens (including phenoxy) is 2. The van der Waals surface area contributed by atoms with Gasteiger partial charge in [0.25, 0.3) is 0 Å². The van der Waals surface area contributed by atoms with Gasteiger partial charge in [-0.05, 0) is 33.1 Å². The molecule has 0 aromatic rings. The number of rotatable bonds is 4. The van der Waals surface area contributed by atoms with Crippen molar-refractivity contribution in [2.24, 2.45) is 0 Å². The van der Waals surface area contributed by atoms with Gasteiger partial charge in [-0.3, -0.25) is 9.69 Å². The second kappa shape index (κ2) is 7.75. The van der Waals surface area contributed by atoms with Gasteiger partial charge in [-0.15, -0.1) is 0 Å². The number of amides is 1. The summed E-state index contributed by atoms with van der Waals surface area (Å²) in [6.45, 7) is 7.39. The van der Waals surface area contributed by atoms with E-state index in [0.717, 1.165) is 25.9 Å². The first-order chi connectivity index (χ1) is 10.1. The molecule has 0 aromatic heterocycles. The fourth-order valence-electron chi connectivity index (χ4n) is 3.03. The molecule has 2 unspecified atom stereocenters. The lowest BCUT2D eigenvalue weighted by Gasteiger charge is -2.37. The molecule has 21 heavy (non-hydrogen) atoms. The summed E-state index contributed by atoms with van der Waals surface area (Å²) in [6, 6.07) is -0.398. The van der Waals surface area contributed by atoms with Gasteiger partial charge in [-0.1, -0.05) is 0 Å². The molecule has 0 radical (unpaired) electrons. The van der Waals surface area contributed by atoms with Crippen LogP contribution in [0.3, 0.4) is 0 Å². The zero-order valence-electron chi connectivity index (χ0n) is 13.0. The molecule has 2 saturated heterocycles. The third-order valence-electron chi connectivity index (χ3n) is 4.07. The first-order valence-electron chi connectivity index (χ1n) is 7.92. The van der Waals surface area contributed by atoms with Crippen molar-refractivity contribution in [3.05, 3.63) is 0 Å². The van der Waals surface area contributed by atoms with Gasteiger partial charge in [0, 0.05) is 19.6 Å². The Morgan fingerprint density at radius 1 is 1.29 bits per heavy atom. The van der Waals surface area contributed by atoms with E-state index in [1.807, 2.05) is 6.92 Å². The molecule has 0 spiro atoms. The van der Waals surface area contributed by atoms with E-state index in [0.29, 0.717) is 32.7 Å². The number of nitrogens with zero attached hydrogens (tertiary/aromatic N) is 2. The van der Waals surface area contributed by atoms with Crippen LogP contribution < -0.4 is 0 Å². The number of carbonyl (C=O) groups excluding carboxylic acids is 2. The van der Waals surface area contributed by atoms with Crippen LogP contribution in [0.25, 0.3) is 0 Å². The van der Waals surface area contributed by atoms with Crippen LogP contribution in [-0.2, 0) is 19.1 Å². The molecule has 2 fully saturated rings. The smallest absolute Gasteiger partial charge is 0.328 e. The number of esters is 1. The lowest BCUT2D eigenvalue weighted by Crippen LogP contribution is -2.53. The fourth-order valence-corrected chi connectivity index (χ4v) is 3.03. The highest BCUT2D eigenvalue weighted by Gasteiger charge is 2.34. The summed E-state index contributed by atoms with van der Waals surface area (Å²) in [5.74, 6) is -0.234. The van der Waals surface area contributed by atoms with E-state index in [4.69, 9.17) is 9.47 Å². The Labute approximate surface area is 126 Å². The molecule has 0 aliphatic carbocycles. The molecule has 6 nitrogen and oxygen atoms in total. The second-order valence-corrected chi connectivity index (χ2v) is 5.77. The van der Waals surface area contributed by atoms with Gasteiger partial charge >= 0.3 is 5.97 Å². The Bertz CT molecular complexity index is 375. The van der Waals surface area contributed by atoms with Crippen molar-refractivity contribution >= 4 is 11.9 Å². The average molecular weight is 298 g/mol. The lowest BCUT2D eigenvalue weighted by molar-refractivity contribution is -0.157. The molecule has 2 heterocycles. The van der Waals surface area contributed by atoms with Crippen LogP contribution in [0.2, 0.25) is 0 Å². The largest absolute Gasteiger partial charge is 0.464 e. The molecule has 120 valence electrons. The summed E-state index contributed by atoms with van der Waals surface area (Å²) in [6.07, 6.45) is 2.81. The summed E-state index contributed by atoms with van der Waals surface area (Å²) in [5.41, 5.74) is 0. The first-order valence-corrected chi connectivity index (χ1v) is 7.92. The number of hydrogen-bond donors (Lipinski definition) is 0. The summed E-state index contributed by atoms with van der Waals surface area (Å²) in [5, 5.41) is 0. The van der Waals surface area contributed by atoms with Crippen molar-refractivity contribution in [1.82, 2.24) is 9.80 Å². The Kier molecular flexibility index (Phi) is 5.99. The normalized spacial score (nSPS) is 27.4. The quantitative estimate of drug-likeness (QED) is 0.713. The molecule has 0 N–H and O–H groups in total. The van der Waals surface area contributed by atoms with Crippen molar-refractivity contribution in [2.75, 3.05) is 39.4 Å². The van der Waals surface area contributed by atoms with Crippen LogP contribution in [0.15, 0.2) is 0 Å². The Balaban J connectivity index is 1.93. The molecule has 2 aliphatic rings. The topological polar surface area (TPSA) is 59.1 Å². The van der Waals surface area contributed by atoms with Gasteiger partial charge in [-0.2, -0.15) is 0 Å². The van der Waals surface area contributed by atoms with E-state index in [1.165, 1.54) is 0 Å². The molecular weight excluding hydrogens is 272 g/mol. The summed E-state index contributed by atoms with van der Waals surface area (Å²) in [7, 11) is 0. The molecule has 2 atom stereocenters. The molecule has 2 aliphatic heterocycles. The van der Waals surface area contributed by atoms with Crippen LogP contribution in [0, 0.1) is 0 Å². The van der Waals surface area contributed by atoms with Crippen molar-refractivity contribution < 1.29 is 19.1 Å². The third kappa shape index (κ3) is 4.41. The molecule has 0 bridgehead atoms. The van der Waals surface area contributed by atoms with E-state index in [9.17, 15) is 9.59 Å². The zero-order valence-corrected chi connectivity index (χ0v) is 13.0. The SMILES string of the molecule is CCOC(=O)C1CCCCN1C(=O)CN1CCOC(C)C1. The summed E-state index contributed by atoms with van der Waals surface area (Å²) >= 11 is 0. The Hall–Kier alpha value is -1.14. The fraction of sp³-hybridized carbons (Fsp3) is 0.867. The maximum atomic E-state index is 12.5. The molecular formula is C15H26N2O4. The van der Waals surface area contributed by atoms with Gasteiger partial charge in [0.2, 0.25) is 5.91 Å². The zero-order chi connectivity index (χ0) is 15.2. The molecule has 6 heteroatoms. The Morgan fingerprint density at radius 2 is 2.10 bits per heavy atom. The highest BCUT2D eigenvalue weighted by molar-refractivity contribution is 5.85. The van der Waals surface area contributed by atoms with Crippen molar-refractivity contribution in [3.63, 3.8) is 0 Å². The standard InChI is InChI=1S/C15H26N2O4/c1-3-20-15(19)13-6-4-5-7-17(13)14(18)11-16-8-9-21-12(2)10-16/h12-13H,3-11H2,1-2H3. The van der Waals surface area contributed by atoms with Gasteiger partial charge in [-0.25, -0.2) is 4.79 Å². The van der Waals surface area contributed by atoms with Crippen LogP contribution in [0.4, 0.5) is 0 Å². The second-order valence-electron chi connectivity index (χ2n) is 5.77. The number of piperidine rings is 1. The van der Waals surface area contributed by atoms with E-state index in [2.05, 4.69) is 4.90 Å². The number of likely N-dealkylation sites (tertiary alicyclic amines) is 1. The number of carbonyl (C=O) groups is 2. The van der Waals surface area contributed by atoms with Crippen molar-refractivity contribution in [2.45, 2.75) is 45.3 Å². The molecule has 0 saturated carbocycles. The predicted molar refractivity (Wildman–Crippen MR) is 77.8 cm³/mol. The third-order valence-corrected chi connectivity index (χ3v) is 4.07. The van der Waals surface area contributed by atoms with E-state index in [-0.39, 0.29) is 18.0 Å². The number of morpholine rings is 1. The van der Waals surface area contributed by atoms with Gasteiger partial charge in [0.15, 0.2) is 0 Å². The minimum atomic E-state index is -0.398. The number of hydrogen-bond acceptors (Lipinski definition) is 5. The van der Waals surface area contributed by atoms with Crippen molar-refractivity contribution in [1.29, 1.82) is 0 Å². The van der Waals surface area contributed by atoms with Crippen LogP contribution in [0.1, 0.15) is 33.1 Å². The highest BCUT2D eigenvalue weighted by atomic mass is 16.5. The Morgan fingerprint density at radius 3 is 2.81 bits per heavy atom. The summed E-state index contributed by atoms with van der Waals surface area (Å²) in [4.78, 5) is 28.3. The van der Waals surface area contributed by atoms with Gasteiger partial charge in [0.05, 0.1) is 25.9 Å². The van der Waals surface area contributed by atoms with E-state index < -0.39 is 6.04 Å². The minimum absolute atomic E-state index is 0.0295. The van der Waals surface area contributed by atoms with Crippen LogP contribution >= 0.6 is 0 Å². The van der Waals surface area contributed by atoms with Crippen molar-refractivity contribution in [3.8, 4) is 0 Å². The predicted octanol–water partition coefficient (Wildman–Crippen LogP) is 0.651. The van der Waals surface area contributed by atoms with Gasteiger partial charge < -0.3 is 14.4 Å². The molecule has 0 aromatic carbocycles. The average Bonchev–Trinajstić information content (AvgIpc) is 2.47. The monoisotopic (exact) mass is 298 g/mol. The maximum absolute atomic E-state index is 12.5. The highest BCUT2D eigenvalue weighted by Crippen LogP contribution is 2.19. The van der Waals surface area contributed by atoms with Crippen LogP contribution in [0.5, 0.6) is 0 Å². The lowest BCUT2D eigenvalue weighted by atomic mass is 10.0.